The Morgan fingerprint density at radius 3 is 2.67 bits per heavy atom. The van der Waals surface area contributed by atoms with E-state index in [1.165, 1.54) is 0 Å². The molecule has 0 bridgehead atoms. The molecule has 4 nitrogen and oxygen atoms in total. The molecule has 6 heteroatoms. The maximum Gasteiger partial charge on any atom is 0.263 e. The molecule has 0 radical (unpaired) electrons. The van der Waals surface area contributed by atoms with Crippen LogP contribution < -0.4 is 5.56 Å². The van der Waals surface area contributed by atoms with Crippen molar-refractivity contribution in [2.24, 2.45) is 0 Å². The smallest absolute Gasteiger partial charge is 0.263 e. The van der Waals surface area contributed by atoms with Crippen LogP contribution in [0.3, 0.4) is 0 Å². The molecule has 118 valence electrons. The summed E-state index contributed by atoms with van der Waals surface area (Å²) in [5.41, 5.74) is 1.81. The molecule has 4 aromatic rings. The third-order valence-electron chi connectivity index (χ3n) is 3.78. The first-order chi connectivity index (χ1) is 11.7. The highest BCUT2D eigenvalue weighted by Gasteiger charge is 2.11. The van der Waals surface area contributed by atoms with E-state index in [1.54, 1.807) is 22.1 Å². The average Bonchev–Trinajstić information content (AvgIpc) is 3.04. The zero-order valence-corrected chi connectivity index (χ0v) is 14.2. The second kappa shape index (κ2) is 6.14. The number of nitrogens with zero attached hydrogens (tertiary/aromatic N) is 2. The Morgan fingerprint density at radius 1 is 1.12 bits per heavy atom. The van der Waals surface area contributed by atoms with E-state index in [1.807, 2.05) is 54.6 Å². The van der Waals surface area contributed by atoms with Gasteiger partial charge in [0, 0.05) is 11.1 Å². The summed E-state index contributed by atoms with van der Waals surface area (Å²) < 4.78 is 1.97. The molecule has 3 heterocycles. The van der Waals surface area contributed by atoms with Crippen LogP contribution in [-0.2, 0) is 6.54 Å². The van der Waals surface area contributed by atoms with Gasteiger partial charge in [0.1, 0.15) is 4.83 Å². The lowest BCUT2D eigenvalue weighted by molar-refractivity contribution is 0.718. The number of fused-ring (bicyclic) bond motifs is 1. The summed E-state index contributed by atoms with van der Waals surface area (Å²) in [7, 11) is 0. The van der Waals surface area contributed by atoms with E-state index in [0.717, 1.165) is 21.0 Å². The quantitative estimate of drug-likeness (QED) is 0.562. The van der Waals surface area contributed by atoms with E-state index in [-0.39, 0.29) is 5.56 Å². The predicted molar refractivity (Wildman–Crippen MR) is 100 cm³/mol. The van der Waals surface area contributed by atoms with Crippen LogP contribution in [0.2, 0.25) is 0 Å². The zero-order valence-electron chi connectivity index (χ0n) is 12.6. The zero-order chi connectivity index (χ0) is 16.5. The molecule has 24 heavy (non-hydrogen) atoms. The van der Waals surface area contributed by atoms with Crippen LogP contribution in [0.15, 0.2) is 65.6 Å². The highest BCUT2D eigenvalue weighted by molar-refractivity contribution is 7.71. The van der Waals surface area contributed by atoms with Crippen LogP contribution in [-0.4, -0.2) is 14.5 Å². The first-order valence-electron chi connectivity index (χ1n) is 7.44. The summed E-state index contributed by atoms with van der Waals surface area (Å²) in [6.07, 6.45) is 1.71. The number of hydrogen-bond acceptors (Lipinski definition) is 4. The minimum atomic E-state index is -0.0853. The van der Waals surface area contributed by atoms with E-state index in [4.69, 9.17) is 12.2 Å². The second-order valence-electron chi connectivity index (χ2n) is 5.36. The van der Waals surface area contributed by atoms with Gasteiger partial charge in [-0.1, -0.05) is 36.4 Å². The number of rotatable bonds is 3. The Hall–Kier alpha value is -2.57. The average molecular weight is 351 g/mol. The summed E-state index contributed by atoms with van der Waals surface area (Å²) >= 11 is 6.92. The third kappa shape index (κ3) is 2.70. The van der Waals surface area contributed by atoms with Crippen LogP contribution in [0.1, 0.15) is 5.69 Å². The van der Waals surface area contributed by atoms with Gasteiger partial charge in [0.05, 0.1) is 17.6 Å². The number of benzene rings is 1. The number of nitrogens with one attached hydrogen (secondary N) is 1. The minimum Gasteiger partial charge on any atom is -0.323 e. The summed E-state index contributed by atoms with van der Waals surface area (Å²) in [6, 6.07) is 17.6. The van der Waals surface area contributed by atoms with E-state index >= 15 is 0 Å². The van der Waals surface area contributed by atoms with Gasteiger partial charge in [-0.15, -0.1) is 11.3 Å². The molecule has 0 aliphatic carbocycles. The molecule has 0 saturated heterocycles. The van der Waals surface area contributed by atoms with Crippen molar-refractivity contribution >= 4 is 33.8 Å². The molecule has 0 aliphatic rings. The van der Waals surface area contributed by atoms with E-state index in [2.05, 4.69) is 9.97 Å². The monoisotopic (exact) mass is 351 g/mol. The Bertz CT molecular complexity index is 1110. The summed E-state index contributed by atoms with van der Waals surface area (Å²) in [5, 5.41) is 0.656. The van der Waals surface area contributed by atoms with Gasteiger partial charge in [-0.05, 0) is 36.0 Å². The van der Waals surface area contributed by atoms with Crippen molar-refractivity contribution in [1.82, 2.24) is 14.5 Å². The van der Waals surface area contributed by atoms with Crippen LogP contribution in [0, 0.1) is 4.77 Å². The summed E-state index contributed by atoms with van der Waals surface area (Å²) in [4.78, 5) is 22.2. The molecule has 1 N–H and O–H groups in total. The van der Waals surface area contributed by atoms with E-state index in [0.29, 0.717) is 16.7 Å². The van der Waals surface area contributed by atoms with Gasteiger partial charge in [-0.2, -0.15) is 0 Å². The number of pyridine rings is 1. The van der Waals surface area contributed by atoms with Crippen molar-refractivity contribution in [3.8, 4) is 10.4 Å². The summed E-state index contributed by atoms with van der Waals surface area (Å²) in [6.45, 7) is 0.363. The highest BCUT2D eigenvalue weighted by atomic mass is 32.1. The molecular weight excluding hydrogens is 338 g/mol. The Balaban J connectivity index is 1.85. The fourth-order valence-corrected chi connectivity index (χ4v) is 3.96. The number of thiophene rings is 1. The van der Waals surface area contributed by atoms with Crippen molar-refractivity contribution in [2.45, 2.75) is 6.54 Å². The molecular formula is C18H13N3OS2. The van der Waals surface area contributed by atoms with Crippen LogP contribution in [0.4, 0.5) is 0 Å². The van der Waals surface area contributed by atoms with Crippen molar-refractivity contribution in [2.75, 3.05) is 0 Å². The second-order valence-corrected chi connectivity index (χ2v) is 6.80. The van der Waals surface area contributed by atoms with Crippen LogP contribution >= 0.6 is 23.6 Å². The Morgan fingerprint density at radius 2 is 1.92 bits per heavy atom. The molecule has 0 fully saturated rings. The SMILES string of the molecule is O=c1c2cc(-c3ccccc3)sc2[nH]c(=S)n1Cc1ccccn1. The minimum absolute atomic E-state index is 0.0853. The molecule has 0 amide bonds. The molecule has 0 saturated carbocycles. The molecule has 0 atom stereocenters. The number of aromatic amines is 1. The molecule has 1 aromatic carbocycles. The van der Waals surface area contributed by atoms with Crippen LogP contribution in [0.25, 0.3) is 20.7 Å². The van der Waals surface area contributed by atoms with Crippen LogP contribution in [0.5, 0.6) is 0 Å². The molecule has 4 rings (SSSR count). The van der Waals surface area contributed by atoms with Gasteiger partial charge in [0.25, 0.3) is 5.56 Å². The lowest BCUT2D eigenvalue weighted by Crippen LogP contribution is -2.22. The fourth-order valence-electron chi connectivity index (χ4n) is 2.59. The topological polar surface area (TPSA) is 50.7 Å². The van der Waals surface area contributed by atoms with Gasteiger partial charge in [0.2, 0.25) is 0 Å². The molecule has 0 unspecified atom stereocenters. The van der Waals surface area contributed by atoms with Gasteiger partial charge >= 0.3 is 0 Å². The number of H-pyrrole nitrogens is 1. The van der Waals surface area contributed by atoms with E-state index in [9.17, 15) is 4.79 Å². The first-order valence-corrected chi connectivity index (χ1v) is 8.67. The molecule has 0 aliphatic heterocycles. The summed E-state index contributed by atoms with van der Waals surface area (Å²) in [5.74, 6) is 0. The Kier molecular flexibility index (Phi) is 3.84. The van der Waals surface area contributed by atoms with E-state index < -0.39 is 0 Å². The number of hydrogen-bond donors (Lipinski definition) is 1. The lowest BCUT2D eigenvalue weighted by Gasteiger charge is -2.05. The highest BCUT2D eigenvalue weighted by Crippen LogP contribution is 2.30. The van der Waals surface area contributed by atoms with Gasteiger partial charge in [-0.3, -0.25) is 14.3 Å². The Labute approximate surface area is 147 Å². The van der Waals surface area contributed by atoms with Gasteiger partial charge in [-0.25, -0.2) is 0 Å². The lowest BCUT2D eigenvalue weighted by atomic mass is 10.2. The number of aromatic nitrogens is 3. The standard InChI is InChI=1S/C18H13N3OS2/c22-17-14-10-15(12-6-2-1-3-7-12)24-16(14)20-18(23)21(17)11-13-8-4-5-9-19-13/h1-10H,11H2,(H,20,23). The van der Waals surface area contributed by atoms with Crippen molar-refractivity contribution < 1.29 is 0 Å². The van der Waals surface area contributed by atoms with Crippen molar-refractivity contribution in [3.63, 3.8) is 0 Å². The fraction of sp³-hybridized carbons (Fsp3) is 0.0556. The van der Waals surface area contributed by atoms with Crippen molar-refractivity contribution in [1.29, 1.82) is 0 Å². The maximum atomic E-state index is 12.9. The first kappa shape index (κ1) is 15.0. The van der Waals surface area contributed by atoms with Gasteiger partial charge < -0.3 is 4.98 Å². The largest absolute Gasteiger partial charge is 0.323 e. The van der Waals surface area contributed by atoms with Gasteiger partial charge in [0.15, 0.2) is 4.77 Å². The van der Waals surface area contributed by atoms with Crippen molar-refractivity contribution in [3.05, 3.63) is 81.6 Å². The molecule has 3 aromatic heterocycles. The third-order valence-corrected chi connectivity index (χ3v) is 5.20. The molecule has 0 spiro atoms. The maximum absolute atomic E-state index is 12.9. The normalized spacial score (nSPS) is 11.0. The predicted octanol–water partition coefficient (Wildman–Crippen LogP) is 4.23.